The summed E-state index contributed by atoms with van der Waals surface area (Å²) in [6, 6.07) is 8.34. The van der Waals surface area contributed by atoms with Gasteiger partial charge in [-0.25, -0.2) is 0 Å². The van der Waals surface area contributed by atoms with Crippen molar-refractivity contribution in [3.63, 3.8) is 0 Å². The van der Waals surface area contributed by atoms with Crippen LogP contribution in [0.2, 0.25) is 5.02 Å². The van der Waals surface area contributed by atoms with Crippen LogP contribution in [0.25, 0.3) is 0 Å². The maximum Gasteiger partial charge on any atom is 0.0691 e. The average molecular weight is 400 g/mol. The van der Waals surface area contributed by atoms with Crippen molar-refractivity contribution in [3.05, 3.63) is 58.6 Å². The first-order valence-corrected chi connectivity index (χ1v) is 10.9. The lowest BCUT2D eigenvalue weighted by molar-refractivity contribution is -0.104. The second-order valence-corrected chi connectivity index (χ2v) is 8.91. The third kappa shape index (κ3) is 4.24. The number of hydrogen-bond acceptors (Lipinski definition) is 4. The molecule has 0 radical (unpaired) electrons. The number of aryl methyl sites for hydroxylation is 1. The number of rotatable bonds is 6. The highest BCUT2D eigenvalue weighted by Gasteiger charge is 2.48. The van der Waals surface area contributed by atoms with Crippen LogP contribution in [0.4, 0.5) is 0 Å². The summed E-state index contributed by atoms with van der Waals surface area (Å²) in [5, 5.41) is 4.34. The Morgan fingerprint density at radius 2 is 2.04 bits per heavy atom. The highest BCUT2D eigenvalue weighted by molar-refractivity contribution is 6.31. The van der Waals surface area contributed by atoms with E-state index >= 15 is 0 Å². The van der Waals surface area contributed by atoms with Crippen molar-refractivity contribution in [2.24, 2.45) is 0 Å². The van der Waals surface area contributed by atoms with Crippen molar-refractivity contribution < 1.29 is 4.74 Å². The maximum atomic E-state index is 6.33. The summed E-state index contributed by atoms with van der Waals surface area (Å²) in [5.41, 5.74) is 3.40. The standard InChI is InChI=1S/C23H30ClN3O/c1-18-20(24)14-19(16-27-18)15-25-12-9-22(21-6-2-5-11-26-21)10-13-28-23(17-22)7-3-4-8-23/h2,5-6,11,14,16,25H,3-4,7-10,12-13,15,17H2,1H3/t22-/m1/s1. The zero-order valence-corrected chi connectivity index (χ0v) is 17.5. The van der Waals surface area contributed by atoms with Gasteiger partial charge in [0.05, 0.1) is 16.3 Å². The fourth-order valence-electron chi connectivity index (χ4n) is 5.00. The zero-order valence-electron chi connectivity index (χ0n) is 16.7. The van der Waals surface area contributed by atoms with Crippen LogP contribution in [0.3, 0.4) is 0 Å². The van der Waals surface area contributed by atoms with E-state index in [2.05, 4.69) is 22.4 Å². The van der Waals surface area contributed by atoms with Gasteiger partial charge in [-0.15, -0.1) is 0 Å². The Morgan fingerprint density at radius 1 is 1.18 bits per heavy atom. The number of halogens is 1. The van der Waals surface area contributed by atoms with Gasteiger partial charge in [0, 0.05) is 36.7 Å². The van der Waals surface area contributed by atoms with Crippen molar-refractivity contribution in [1.29, 1.82) is 0 Å². The molecule has 4 rings (SSSR count). The smallest absolute Gasteiger partial charge is 0.0691 e. The lowest BCUT2D eigenvalue weighted by Crippen LogP contribution is -2.47. The number of pyridine rings is 2. The molecule has 1 N–H and O–H groups in total. The van der Waals surface area contributed by atoms with E-state index in [-0.39, 0.29) is 11.0 Å². The normalized spacial score (nSPS) is 23.9. The summed E-state index contributed by atoms with van der Waals surface area (Å²) in [6.07, 6.45) is 12.0. The van der Waals surface area contributed by atoms with Crippen molar-refractivity contribution >= 4 is 11.6 Å². The van der Waals surface area contributed by atoms with E-state index in [1.807, 2.05) is 31.5 Å². The lowest BCUT2D eigenvalue weighted by Gasteiger charge is -2.46. The molecule has 1 atom stereocenters. The number of ether oxygens (including phenoxy) is 1. The van der Waals surface area contributed by atoms with Crippen LogP contribution in [-0.4, -0.2) is 28.7 Å². The van der Waals surface area contributed by atoms with Gasteiger partial charge in [-0.2, -0.15) is 0 Å². The van der Waals surface area contributed by atoms with Gasteiger partial charge in [0.25, 0.3) is 0 Å². The largest absolute Gasteiger partial charge is 0.375 e. The number of aromatic nitrogens is 2. The fourth-order valence-corrected chi connectivity index (χ4v) is 5.19. The van der Waals surface area contributed by atoms with Crippen molar-refractivity contribution in [2.45, 2.75) is 69.4 Å². The van der Waals surface area contributed by atoms with Gasteiger partial charge in [-0.1, -0.05) is 30.5 Å². The second kappa shape index (κ2) is 8.48. The first kappa shape index (κ1) is 19.8. The molecule has 2 fully saturated rings. The van der Waals surface area contributed by atoms with Crippen LogP contribution < -0.4 is 5.32 Å². The van der Waals surface area contributed by atoms with Crippen LogP contribution in [0.5, 0.6) is 0 Å². The molecular formula is C23H30ClN3O. The summed E-state index contributed by atoms with van der Waals surface area (Å²) in [7, 11) is 0. The number of hydrogen-bond donors (Lipinski definition) is 1. The highest BCUT2D eigenvalue weighted by atomic mass is 35.5. The summed E-state index contributed by atoms with van der Waals surface area (Å²) in [6.45, 7) is 4.50. The molecular weight excluding hydrogens is 370 g/mol. The van der Waals surface area contributed by atoms with Crippen molar-refractivity contribution in [2.75, 3.05) is 13.2 Å². The van der Waals surface area contributed by atoms with Gasteiger partial charge < -0.3 is 10.1 Å². The zero-order chi connectivity index (χ0) is 19.5. The SMILES string of the molecule is Cc1ncc(CNCC[C@@]2(c3ccccn3)CCOC3(CCCC3)C2)cc1Cl. The quantitative estimate of drug-likeness (QED) is 0.696. The van der Waals surface area contributed by atoms with Gasteiger partial charge in [-0.3, -0.25) is 9.97 Å². The molecule has 4 nitrogen and oxygen atoms in total. The van der Waals surface area contributed by atoms with E-state index in [0.29, 0.717) is 0 Å². The van der Waals surface area contributed by atoms with Gasteiger partial charge in [0.15, 0.2) is 0 Å². The Morgan fingerprint density at radius 3 is 2.79 bits per heavy atom. The Balaban J connectivity index is 1.45. The third-order valence-corrected chi connectivity index (χ3v) is 6.95. The first-order valence-electron chi connectivity index (χ1n) is 10.5. The molecule has 2 aromatic rings. The molecule has 5 heteroatoms. The molecule has 0 unspecified atom stereocenters. The van der Waals surface area contributed by atoms with Crippen LogP contribution in [0.1, 0.15) is 61.9 Å². The molecule has 1 aliphatic heterocycles. The molecule has 0 amide bonds. The van der Waals surface area contributed by atoms with Crippen molar-refractivity contribution in [1.82, 2.24) is 15.3 Å². The van der Waals surface area contributed by atoms with E-state index in [9.17, 15) is 0 Å². The van der Waals surface area contributed by atoms with Gasteiger partial charge in [0.2, 0.25) is 0 Å². The minimum Gasteiger partial charge on any atom is -0.375 e. The lowest BCUT2D eigenvalue weighted by atomic mass is 9.68. The molecule has 0 bridgehead atoms. The van der Waals surface area contributed by atoms with Gasteiger partial charge >= 0.3 is 0 Å². The average Bonchev–Trinajstić information content (AvgIpc) is 3.16. The van der Waals surface area contributed by atoms with E-state index in [4.69, 9.17) is 21.3 Å². The van der Waals surface area contributed by atoms with Gasteiger partial charge in [-0.05, 0) is 69.3 Å². The Hall–Kier alpha value is -1.49. The summed E-state index contributed by atoms with van der Waals surface area (Å²) >= 11 is 6.21. The van der Waals surface area contributed by atoms with E-state index in [1.54, 1.807) is 0 Å². The topological polar surface area (TPSA) is 47.0 Å². The van der Waals surface area contributed by atoms with Gasteiger partial charge in [0.1, 0.15) is 0 Å². The van der Waals surface area contributed by atoms with E-state index < -0.39 is 0 Å². The monoisotopic (exact) mass is 399 g/mol. The minimum absolute atomic E-state index is 0.0736. The molecule has 0 aromatic carbocycles. The molecule has 2 aromatic heterocycles. The first-order chi connectivity index (χ1) is 13.6. The predicted molar refractivity (Wildman–Crippen MR) is 113 cm³/mol. The molecule has 150 valence electrons. The Bertz CT molecular complexity index is 792. The highest BCUT2D eigenvalue weighted by Crippen LogP contribution is 2.49. The predicted octanol–water partition coefficient (Wildman–Crippen LogP) is 4.98. The molecule has 28 heavy (non-hydrogen) atoms. The Kier molecular flexibility index (Phi) is 6.00. The molecule has 3 heterocycles. The fraction of sp³-hybridized carbons (Fsp3) is 0.565. The summed E-state index contributed by atoms with van der Waals surface area (Å²) in [5.74, 6) is 0. The van der Waals surface area contributed by atoms with Crippen LogP contribution in [0, 0.1) is 6.92 Å². The third-order valence-electron chi connectivity index (χ3n) is 6.56. The minimum atomic E-state index is 0.0736. The summed E-state index contributed by atoms with van der Waals surface area (Å²) < 4.78 is 6.33. The van der Waals surface area contributed by atoms with Crippen LogP contribution in [0.15, 0.2) is 36.7 Å². The van der Waals surface area contributed by atoms with E-state index in [1.165, 1.54) is 31.4 Å². The van der Waals surface area contributed by atoms with Crippen LogP contribution >= 0.6 is 11.6 Å². The molecule has 2 aliphatic rings. The molecule has 1 saturated carbocycles. The Labute approximate surface area is 173 Å². The maximum absolute atomic E-state index is 6.33. The van der Waals surface area contributed by atoms with Crippen molar-refractivity contribution in [3.8, 4) is 0 Å². The molecule has 1 aliphatic carbocycles. The molecule has 1 saturated heterocycles. The number of nitrogens with zero attached hydrogens (tertiary/aromatic N) is 2. The second-order valence-electron chi connectivity index (χ2n) is 8.50. The number of nitrogens with one attached hydrogen (secondary N) is 1. The van der Waals surface area contributed by atoms with Crippen LogP contribution in [-0.2, 0) is 16.7 Å². The summed E-state index contributed by atoms with van der Waals surface area (Å²) in [4.78, 5) is 9.13. The molecule has 1 spiro atoms. The van der Waals surface area contributed by atoms with E-state index in [0.717, 1.165) is 55.2 Å².